The Hall–Kier alpha value is -1.93. The molecule has 0 saturated carbocycles. The standard InChI is InChI=1S/C26H39N3O4/c1-20(2)18-31-19-22(30)15-28(16-23-11-8-14-32-23)17-24-25(21-9-4-3-5-10-21)27-33-26(24)29-12-6-7-13-29/h3-5,9-10,20,22-23,30H,6-8,11-19H2,1-2H3. The van der Waals surface area contributed by atoms with Gasteiger partial charge < -0.3 is 24.0 Å². The lowest BCUT2D eigenvalue weighted by atomic mass is 10.1. The molecule has 0 radical (unpaired) electrons. The third-order valence-corrected chi connectivity index (χ3v) is 6.31. The van der Waals surface area contributed by atoms with Gasteiger partial charge in [0.2, 0.25) is 5.88 Å². The summed E-state index contributed by atoms with van der Waals surface area (Å²) in [4.78, 5) is 4.60. The first-order valence-electron chi connectivity index (χ1n) is 12.5. The molecule has 2 aliphatic heterocycles. The van der Waals surface area contributed by atoms with E-state index in [1.165, 1.54) is 12.8 Å². The molecule has 0 aliphatic carbocycles. The number of benzene rings is 1. The summed E-state index contributed by atoms with van der Waals surface area (Å²) in [5.41, 5.74) is 3.04. The molecule has 7 heteroatoms. The summed E-state index contributed by atoms with van der Waals surface area (Å²) in [6, 6.07) is 10.2. The number of hydrogen-bond donors (Lipinski definition) is 1. The van der Waals surface area contributed by atoms with Gasteiger partial charge in [0.1, 0.15) is 5.69 Å². The van der Waals surface area contributed by atoms with Crippen LogP contribution in [0.1, 0.15) is 45.1 Å². The van der Waals surface area contributed by atoms with Crippen molar-refractivity contribution in [1.82, 2.24) is 10.1 Å². The molecule has 0 spiro atoms. The van der Waals surface area contributed by atoms with Crippen molar-refractivity contribution < 1.29 is 19.1 Å². The minimum absolute atomic E-state index is 0.198. The summed E-state index contributed by atoms with van der Waals surface area (Å²) in [6.45, 7) is 10.00. The lowest BCUT2D eigenvalue weighted by Crippen LogP contribution is -2.39. The highest BCUT2D eigenvalue weighted by molar-refractivity contribution is 5.68. The van der Waals surface area contributed by atoms with E-state index in [0.717, 1.165) is 61.8 Å². The lowest BCUT2D eigenvalue weighted by Gasteiger charge is -2.28. The molecule has 1 N–H and O–H groups in total. The van der Waals surface area contributed by atoms with E-state index < -0.39 is 6.10 Å². The van der Waals surface area contributed by atoms with Crippen LogP contribution in [0.15, 0.2) is 34.9 Å². The Bertz CT molecular complexity index is 829. The van der Waals surface area contributed by atoms with E-state index in [2.05, 4.69) is 40.9 Å². The zero-order valence-corrected chi connectivity index (χ0v) is 20.1. The SMILES string of the molecule is CC(C)COCC(O)CN(Cc1c(-c2ccccc2)noc1N1CCCC1)CC1CCCO1. The first-order chi connectivity index (χ1) is 16.1. The molecule has 1 aromatic carbocycles. The van der Waals surface area contributed by atoms with Crippen molar-refractivity contribution >= 4 is 5.88 Å². The Kier molecular flexibility index (Phi) is 8.78. The smallest absolute Gasteiger partial charge is 0.232 e. The Morgan fingerprint density at radius 3 is 2.64 bits per heavy atom. The molecule has 4 rings (SSSR count). The molecule has 1 aromatic heterocycles. The van der Waals surface area contributed by atoms with Gasteiger partial charge in [-0.2, -0.15) is 0 Å². The fourth-order valence-electron chi connectivity index (χ4n) is 4.73. The number of aliphatic hydroxyl groups is 1. The molecule has 2 fully saturated rings. The van der Waals surface area contributed by atoms with Gasteiger partial charge in [0, 0.05) is 51.5 Å². The molecule has 2 saturated heterocycles. The molecule has 0 amide bonds. The average molecular weight is 458 g/mol. The molecule has 2 unspecified atom stereocenters. The molecule has 2 aliphatic rings. The van der Waals surface area contributed by atoms with E-state index in [1.807, 2.05) is 18.2 Å². The summed E-state index contributed by atoms with van der Waals surface area (Å²) >= 11 is 0. The highest BCUT2D eigenvalue weighted by Gasteiger charge is 2.28. The number of nitrogens with zero attached hydrogens (tertiary/aromatic N) is 3. The van der Waals surface area contributed by atoms with E-state index >= 15 is 0 Å². The van der Waals surface area contributed by atoms with Gasteiger partial charge in [-0.25, -0.2) is 0 Å². The third-order valence-electron chi connectivity index (χ3n) is 6.31. The summed E-state index contributed by atoms with van der Waals surface area (Å²) in [6.07, 6.45) is 4.15. The van der Waals surface area contributed by atoms with Gasteiger partial charge >= 0.3 is 0 Å². The highest BCUT2D eigenvalue weighted by Crippen LogP contribution is 2.34. The number of ether oxygens (including phenoxy) is 2. The van der Waals surface area contributed by atoms with Gasteiger partial charge in [-0.15, -0.1) is 0 Å². The van der Waals surface area contributed by atoms with E-state index in [0.29, 0.717) is 32.2 Å². The molecule has 2 aromatic rings. The predicted molar refractivity (Wildman–Crippen MR) is 129 cm³/mol. The van der Waals surface area contributed by atoms with Crippen molar-refractivity contribution in [1.29, 1.82) is 0 Å². The topological polar surface area (TPSA) is 71.2 Å². The molecule has 7 nitrogen and oxygen atoms in total. The first kappa shape index (κ1) is 24.2. The Morgan fingerprint density at radius 2 is 1.94 bits per heavy atom. The number of rotatable bonds is 12. The van der Waals surface area contributed by atoms with Gasteiger partial charge in [0.15, 0.2) is 0 Å². The number of aliphatic hydroxyl groups excluding tert-OH is 1. The van der Waals surface area contributed by atoms with Crippen molar-refractivity contribution in [2.75, 3.05) is 50.9 Å². The van der Waals surface area contributed by atoms with Crippen LogP contribution >= 0.6 is 0 Å². The molecule has 2 atom stereocenters. The Labute approximate surface area is 197 Å². The minimum Gasteiger partial charge on any atom is -0.389 e. The predicted octanol–water partition coefficient (Wildman–Crippen LogP) is 3.96. The Morgan fingerprint density at radius 1 is 1.15 bits per heavy atom. The van der Waals surface area contributed by atoms with Crippen LogP contribution < -0.4 is 4.90 Å². The van der Waals surface area contributed by atoms with Crippen LogP contribution in [0.4, 0.5) is 5.88 Å². The van der Waals surface area contributed by atoms with Crippen LogP contribution in [0.3, 0.4) is 0 Å². The van der Waals surface area contributed by atoms with Crippen molar-refractivity contribution in [3.8, 4) is 11.3 Å². The van der Waals surface area contributed by atoms with Crippen LogP contribution in [-0.2, 0) is 16.0 Å². The van der Waals surface area contributed by atoms with Gasteiger partial charge in [0.05, 0.1) is 24.4 Å². The van der Waals surface area contributed by atoms with E-state index in [4.69, 9.17) is 14.0 Å². The fraction of sp³-hybridized carbons (Fsp3) is 0.654. The summed E-state index contributed by atoms with van der Waals surface area (Å²) in [5.74, 6) is 1.32. The normalized spacial score (nSPS) is 19.8. The maximum Gasteiger partial charge on any atom is 0.232 e. The molecule has 33 heavy (non-hydrogen) atoms. The average Bonchev–Trinajstić information content (AvgIpc) is 3.56. The van der Waals surface area contributed by atoms with Gasteiger partial charge in [-0.05, 0) is 31.6 Å². The van der Waals surface area contributed by atoms with Crippen molar-refractivity contribution in [3.63, 3.8) is 0 Å². The van der Waals surface area contributed by atoms with E-state index in [1.54, 1.807) is 0 Å². The van der Waals surface area contributed by atoms with Crippen LogP contribution in [0.5, 0.6) is 0 Å². The molecular formula is C26H39N3O4. The number of hydrogen-bond acceptors (Lipinski definition) is 7. The van der Waals surface area contributed by atoms with Crippen molar-refractivity contribution in [3.05, 3.63) is 35.9 Å². The first-order valence-corrected chi connectivity index (χ1v) is 12.5. The monoisotopic (exact) mass is 457 g/mol. The minimum atomic E-state index is -0.555. The summed E-state index contributed by atoms with van der Waals surface area (Å²) in [7, 11) is 0. The lowest BCUT2D eigenvalue weighted by molar-refractivity contribution is -0.00388. The molecule has 3 heterocycles. The van der Waals surface area contributed by atoms with Crippen molar-refractivity contribution in [2.45, 2.75) is 58.3 Å². The van der Waals surface area contributed by atoms with Gasteiger partial charge in [0.25, 0.3) is 0 Å². The zero-order chi connectivity index (χ0) is 23.0. The number of aromatic nitrogens is 1. The summed E-state index contributed by atoms with van der Waals surface area (Å²) < 4.78 is 17.6. The zero-order valence-electron chi connectivity index (χ0n) is 20.1. The van der Waals surface area contributed by atoms with Crippen LogP contribution in [0.2, 0.25) is 0 Å². The highest BCUT2D eigenvalue weighted by atomic mass is 16.5. The quantitative estimate of drug-likeness (QED) is 0.517. The summed E-state index contributed by atoms with van der Waals surface area (Å²) in [5, 5.41) is 15.2. The fourth-order valence-corrected chi connectivity index (χ4v) is 4.73. The van der Waals surface area contributed by atoms with Crippen molar-refractivity contribution in [2.24, 2.45) is 5.92 Å². The van der Waals surface area contributed by atoms with Crippen LogP contribution in [0.25, 0.3) is 11.3 Å². The maximum absolute atomic E-state index is 10.7. The number of anilines is 1. The van der Waals surface area contributed by atoms with Crippen LogP contribution in [0, 0.1) is 5.92 Å². The maximum atomic E-state index is 10.7. The second-order valence-corrected chi connectivity index (χ2v) is 9.79. The molecule has 0 bridgehead atoms. The van der Waals surface area contributed by atoms with Crippen LogP contribution in [-0.4, -0.2) is 73.4 Å². The second kappa shape index (κ2) is 12.0. The Balaban J connectivity index is 1.54. The second-order valence-electron chi connectivity index (χ2n) is 9.79. The molecular weight excluding hydrogens is 418 g/mol. The van der Waals surface area contributed by atoms with E-state index in [-0.39, 0.29) is 6.10 Å². The van der Waals surface area contributed by atoms with Gasteiger partial charge in [-0.1, -0.05) is 49.3 Å². The molecule has 182 valence electrons. The largest absolute Gasteiger partial charge is 0.389 e. The van der Waals surface area contributed by atoms with Gasteiger partial charge in [-0.3, -0.25) is 4.90 Å². The third kappa shape index (κ3) is 6.79. The van der Waals surface area contributed by atoms with E-state index in [9.17, 15) is 5.11 Å².